The van der Waals surface area contributed by atoms with E-state index in [0.717, 1.165) is 28.0 Å². The molecule has 2 heterocycles. The molecule has 2 N–H and O–H groups in total. The zero-order valence-corrected chi connectivity index (χ0v) is 16.3. The molecule has 1 amide bonds. The van der Waals surface area contributed by atoms with E-state index in [2.05, 4.69) is 15.3 Å². The molecule has 3 aromatic carbocycles. The Kier molecular flexibility index (Phi) is 4.65. The maximum Gasteiger partial charge on any atom is 0.255 e. The van der Waals surface area contributed by atoms with Crippen LogP contribution in [0.15, 0.2) is 89.3 Å². The number of imidazole rings is 1. The number of furan rings is 1. The van der Waals surface area contributed by atoms with Gasteiger partial charge in [0.15, 0.2) is 12.0 Å². The highest BCUT2D eigenvalue weighted by Crippen LogP contribution is 2.27. The highest BCUT2D eigenvalue weighted by molar-refractivity contribution is 6.04. The smallest absolute Gasteiger partial charge is 0.255 e. The third kappa shape index (κ3) is 3.74. The maximum absolute atomic E-state index is 12.3. The van der Waals surface area contributed by atoms with Gasteiger partial charge in [-0.25, -0.2) is 4.98 Å². The highest BCUT2D eigenvalue weighted by atomic mass is 16.3. The number of aromatic amines is 1. The van der Waals surface area contributed by atoms with Gasteiger partial charge in [0.2, 0.25) is 0 Å². The van der Waals surface area contributed by atoms with Gasteiger partial charge < -0.3 is 14.7 Å². The molecule has 0 fully saturated rings. The number of nitrogens with one attached hydrogen (secondary N) is 2. The minimum absolute atomic E-state index is 0.153. The number of rotatable bonds is 5. The molecule has 0 unspecified atom stereocenters. The van der Waals surface area contributed by atoms with Crippen molar-refractivity contribution in [2.75, 3.05) is 5.32 Å². The van der Waals surface area contributed by atoms with E-state index in [0.29, 0.717) is 29.1 Å². The van der Waals surface area contributed by atoms with Crippen LogP contribution in [0.25, 0.3) is 33.7 Å². The Labute approximate surface area is 177 Å². The molecule has 0 saturated carbocycles. The summed E-state index contributed by atoms with van der Waals surface area (Å²) in [4.78, 5) is 31.1. The van der Waals surface area contributed by atoms with Gasteiger partial charge in [0.05, 0.1) is 11.0 Å². The summed E-state index contributed by atoms with van der Waals surface area (Å²) in [6.07, 6.45) is 0.683. The third-order valence-corrected chi connectivity index (χ3v) is 4.96. The van der Waals surface area contributed by atoms with E-state index in [1.165, 1.54) is 0 Å². The van der Waals surface area contributed by atoms with Crippen LogP contribution in [0.2, 0.25) is 0 Å². The average molecular weight is 407 g/mol. The van der Waals surface area contributed by atoms with Crippen LogP contribution < -0.4 is 5.32 Å². The molecule has 5 aromatic rings. The Hall–Kier alpha value is -4.45. The minimum atomic E-state index is -0.153. The summed E-state index contributed by atoms with van der Waals surface area (Å²) in [6, 6.07) is 25.7. The molecule has 0 bridgehead atoms. The summed E-state index contributed by atoms with van der Waals surface area (Å²) < 4.78 is 5.50. The fourth-order valence-electron chi connectivity index (χ4n) is 3.38. The van der Waals surface area contributed by atoms with Crippen molar-refractivity contribution in [3.8, 4) is 22.7 Å². The predicted molar refractivity (Wildman–Crippen MR) is 119 cm³/mol. The number of hydrogen-bond acceptors (Lipinski definition) is 4. The standard InChI is InChI=1S/C25H17N3O3/c29-15-20-11-13-23(31-20)18-8-12-21-22(14-18)28-24(27-21)16-6-9-19(10-7-16)26-25(30)17-4-2-1-3-5-17/h1-15H,(H,26,30)(H,27,28). The van der Waals surface area contributed by atoms with E-state index in [-0.39, 0.29) is 5.91 Å². The predicted octanol–water partition coefficient (Wildman–Crippen LogP) is 5.55. The number of benzene rings is 3. The monoisotopic (exact) mass is 407 g/mol. The molecule has 0 atom stereocenters. The van der Waals surface area contributed by atoms with Crippen LogP contribution in [0.3, 0.4) is 0 Å². The van der Waals surface area contributed by atoms with Gasteiger partial charge in [0.25, 0.3) is 5.91 Å². The normalized spacial score (nSPS) is 10.8. The second kappa shape index (κ2) is 7.76. The van der Waals surface area contributed by atoms with Gasteiger partial charge in [-0.05, 0) is 66.7 Å². The largest absolute Gasteiger partial charge is 0.453 e. The van der Waals surface area contributed by atoms with E-state index in [1.54, 1.807) is 24.3 Å². The maximum atomic E-state index is 12.3. The molecule has 0 saturated heterocycles. The van der Waals surface area contributed by atoms with Gasteiger partial charge >= 0.3 is 0 Å². The fourth-order valence-corrected chi connectivity index (χ4v) is 3.38. The number of carbonyl (C=O) groups excluding carboxylic acids is 2. The zero-order valence-electron chi connectivity index (χ0n) is 16.3. The van der Waals surface area contributed by atoms with Crippen LogP contribution >= 0.6 is 0 Å². The van der Waals surface area contributed by atoms with Crippen molar-refractivity contribution in [2.24, 2.45) is 0 Å². The van der Waals surface area contributed by atoms with Crippen LogP contribution in [-0.4, -0.2) is 22.2 Å². The summed E-state index contributed by atoms with van der Waals surface area (Å²) in [5, 5.41) is 2.89. The first kappa shape index (κ1) is 18.6. The number of amides is 1. The summed E-state index contributed by atoms with van der Waals surface area (Å²) in [5.41, 5.74) is 4.75. The molecule has 0 spiro atoms. The number of anilines is 1. The van der Waals surface area contributed by atoms with Crippen LogP contribution in [0, 0.1) is 0 Å². The molecule has 0 radical (unpaired) electrons. The van der Waals surface area contributed by atoms with Gasteiger partial charge in [0, 0.05) is 22.4 Å². The molecule has 6 nitrogen and oxygen atoms in total. The van der Waals surface area contributed by atoms with E-state index >= 15 is 0 Å². The first-order chi connectivity index (χ1) is 15.2. The lowest BCUT2D eigenvalue weighted by Gasteiger charge is -2.05. The number of carbonyl (C=O) groups is 2. The van der Waals surface area contributed by atoms with Crippen molar-refractivity contribution in [3.63, 3.8) is 0 Å². The Morgan fingerprint density at radius 3 is 2.42 bits per heavy atom. The highest BCUT2D eigenvalue weighted by Gasteiger charge is 2.10. The van der Waals surface area contributed by atoms with Gasteiger partial charge in [-0.15, -0.1) is 0 Å². The summed E-state index contributed by atoms with van der Waals surface area (Å²) in [5.74, 6) is 1.49. The second-order valence-corrected chi connectivity index (χ2v) is 7.03. The van der Waals surface area contributed by atoms with Crippen molar-refractivity contribution in [3.05, 3.63) is 96.3 Å². The number of fused-ring (bicyclic) bond motifs is 1. The van der Waals surface area contributed by atoms with Gasteiger partial charge in [-0.2, -0.15) is 0 Å². The van der Waals surface area contributed by atoms with Crippen LogP contribution in [0.5, 0.6) is 0 Å². The van der Waals surface area contributed by atoms with E-state index in [9.17, 15) is 9.59 Å². The number of hydrogen-bond donors (Lipinski definition) is 2. The van der Waals surface area contributed by atoms with Crippen molar-refractivity contribution >= 4 is 28.9 Å². The van der Waals surface area contributed by atoms with Crippen molar-refractivity contribution < 1.29 is 14.0 Å². The van der Waals surface area contributed by atoms with E-state index in [4.69, 9.17) is 4.42 Å². The van der Waals surface area contributed by atoms with Gasteiger partial charge in [-0.1, -0.05) is 18.2 Å². The van der Waals surface area contributed by atoms with E-state index in [1.807, 2.05) is 60.7 Å². The first-order valence-electron chi connectivity index (χ1n) is 9.71. The Morgan fingerprint density at radius 2 is 1.68 bits per heavy atom. The van der Waals surface area contributed by atoms with Crippen LogP contribution in [0.4, 0.5) is 5.69 Å². The first-order valence-corrected chi connectivity index (χ1v) is 9.71. The van der Waals surface area contributed by atoms with Crippen molar-refractivity contribution in [1.29, 1.82) is 0 Å². The molecular formula is C25H17N3O3. The lowest BCUT2D eigenvalue weighted by atomic mass is 10.1. The van der Waals surface area contributed by atoms with E-state index < -0.39 is 0 Å². The van der Waals surface area contributed by atoms with Crippen molar-refractivity contribution in [2.45, 2.75) is 0 Å². The lowest BCUT2D eigenvalue weighted by molar-refractivity contribution is 0.102. The molecule has 5 rings (SSSR count). The van der Waals surface area contributed by atoms with Gasteiger partial charge in [-0.3, -0.25) is 9.59 Å². The second-order valence-electron chi connectivity index (χ2n) is 7.03. The molecule has 150 valence electrons. The fraction of sp³-hybridized carbons (Fsp3) is 0. The lowest BCUT2D eigenvalue weighted by Crippen LogP contribution is -2.11. The molecule has 0 aliphatic carbocycles. The van der Waals surface area contributed by atoms with Crippen molar-refractivity contribution in [1.82, 2.24) is 9.97 Å². The molecule has 6 heteroatoms. The molecule has 31 heavy (non-hydrogen) atoms. The Bertz CT molecular complexity index is 1380. The minimum Gasteiger partial charge on any atom is -0.453 e. The Morgan fingerprint density at radius 1 is 0.903 bits per heavy atom. The van der Waals surface area contributed by atoms with Crippen LogP contribution in [0.1, 0.15) is 20.9 Å². The number of aldehydes is 1. The topological polar surface area (TPSA) is 88.0 Å². The molecule has 0 aliphatic rings. The zero-order chi connectivity index (χ0) is 21.2. The molecular weight excluding hydrogens is 390 g/mol. The summed E-state index contributed by atoms with van der Waals surface area (Å²) >= 11 is 0. The summed E-state index contributed by atoms with van der Waals surface area (Å²) in [7, 11) is 0. The van der Waals surface area contributed by atoms with Gasteiger partial charge in [0.1, 0.15) is 11.6 Å². The number of aromatic nitrogens is 2. The SMILES string of the molecule is O=Cc1ccc(-c2ccc3nc(-c4ccc(NC(=O)c5ccccc5)cc4)[nH]c3c2)o1. The third-order valence-electron chi connectivity index (χ3n) is 4.96. The molecule has 0 aliphatic heterocycles. The molecule has 2 aromatic heterocycles. The quantitative estimate of drug-likeness (QED) is 0.374. The Balaban J connectivity index is 1.37. The number of nitrogens with zero attached hydrogens (tertiary/aromatic N) is 1. The van der Waals surface area contributed by atoms with Crippen LogP contribution in [-0.2, 0) is 0 Å². The summed E-state index contributed by atoms with van der Waals surface area (Å²) in [6.45, 7) is 0. The number of H-pyrrole nitrogens is 1. The average Bonchev–Trinajstić information content (AvgIpc) is 3.47.